The fourth-order valence-electron chi connectivity index (χ4n) is 1.56. The van der Waals surface area contributed by atoms with Crippen LogP contribution in [0.4, 0.5) is 5.69 Å². The molecule has 0 spiro atoms. The summed E-state index contributed by atoms with van der Waals surface area (Å²) in [4.78, 5) is 8.41. The van der Waals surface area contributed by atoms with Gasteiger partial charge in [0.1, 0.15) is 11.6 Å². The fraction of sp³-hybridized carbons (Fsp3) is 0.231. The predicted octanol–water partition coefficient (Wildman–Crippen LogP) is 3.17. The standard InChI is InChI=1S/C13H14BrN3O/c1-9-15-6-5-10(17-9)8-16-13-7-11(18-2)3-4-12(13)14/h3-7,16H,8H2,1-2H3. The molecule has 4 nitrogen and oxygen atoms in total. The predicted molar refractivity (Wildman–Crippen MR) is 74.8 cm³/mol. The van der Waals surface area contributed by atoms with Crippen molar-refractivity contribution in [2.45, 2.75) is 13.5 Å². The number of anilines is 1. The number of rotatable bonds is 4. The number of aromatic nitrogens is 2. The van der Waals surface area contributed by atoms with Gasteiger partial charge in [-0.05, 0) is 41.1 Å². The first-order chi connectivity index (χ1) is 8.69. The highest BCUT2D eigenvalue weighted by molar-refractivity contribution is 9.10. The van der Waals surface area contributed by atoms with Crippen molar-refractivity contribution in [1.82, 2.24) is 9.97 Å². The van der Waals surface area contributed by atoms with E-state index >= 15 is 0 Å². The quantitative estimate of drug-likeness (QED) is 0.942. The minimum atomic E-state index is 0.648. The van der Waals surface area contributed by atoms with Gasteiger partial charge < -0.3 is 10.1 Å². The molecule has 1 aromatic carbocycles. The van der Waals surface area contributed by atoms with Crippen molar-refractivity contribution in [3.8, 4) is 5.75 Å². The van der Waals surface area contributed by atoms with Crippen molar-refractivity contribution in [3.63, 3.8) is 0 Å². The summed E-state index contributed by atoms with van der Waals surface area (Å²) in [5.74, 6) is 1.60. The zero-order chi connectivity index (χ0) is 13.0. The van der Waals surface area contributed by atoms with E-state index in [9.17, 15) is 0 Å². The summed E-state index contributed by atoms with van der Waals surface area (Å²) in [7, 11) is 1.65. The zero-order valence-electron chi connectivity index (χ0n) is 10.3. The largest absolute Gasteiger partial charge is 0.497 e. The number of halogens is 1. The Labute approximate surface area is 115 Å². The molecular formula is C13H14BrN3O. The summed E-state index contributed by atoms with van der Waals surface area (Å²) in [6.45, 7) is 2.53. The number of nitrogens with zero attached hydrogens (tertiary/aromatic N) is 2. The molecule has 1 aromatic heterocycles. The Hall–Kier alpha value is -1.62. The minimum absolute atomic E-state index is 0.648. The Kier molecular flexibility index (Phi) is 4.15. The van der Waals surface area contributed by atoms with Gasteiger partial charge in [0, 0.05) is 16.7 Å². The number of benzene rings is 1. The molecule has 0 saturated heterocycles. The number of nitrogens with one attached hydrogen (secondary N) is 1. The average molecular weight is 308 g/mol. The van der Waals surface area contributed by atoms with E-state index in [2.05, 4.69) is 31.2 Å². The van der Waals surface area contributed by atoms with Gasteiger partial charge in [-0.25, -0.2) is 9.97 Å². The van der Waals surface area contributed by atoms with Crippen LogP contribution in [0.25, 0.3) is 0 Å². The third-order valence-corrected chi connectivity index (χ3v) is 3.16. The highest BCUT2D eigenvalue weighted by atomic mass is 79.9. The topological polar surface area (TPSA) is 47.0 Å². The van der Waals surface area contributed by atoms with E-state index < -0.39 is 0 Å². The van der Waals surface area contributed by atoms with Gasteiger partial charge in [0.15, 0.2) is 0 Å². The van der Waals surface area contributed by atoms with E-state index in [4.69, 9.17) is 4.74 Å². The van der Waals surface area contributed by atoms with Gasteiger partial charge in [-0.15, -0.1) is 0 Å². The lowest BCUT2D eigenvalue weighted by Crippen LogP contribution is -2.03. The Morgan fingerprint density at radius 2 is 2.17 bits per heavy atom. The highest BCUT2D eigenvalue weighted by Gasteiger charge is 2.02. The van der Waals surface area contributed by atoms with Crippen LogP contribution in [0.5, 0.6) is 5.75 Å². The normalized spacial score (nSPS) is 10.2. The summed E-state index contributed by atoms with van der Waals surface area (Å²) >= 11 is 3.50. The van der Waals surface area contributed by atoms with Gasteiger partial charge in [0.2, 0.25) is 0 Å². The molecular weight excluding hydrogens is 294 g/mol. The SMILES string of the molecule is COc1ccc(Br)c(NCc2ccnc(C)n2)c1. The van der Waals surface area contributed by atoms with Crippen LogP contribution in [0.1, 0.15) is 11.5 Å². The van der Waals surface area contributed by atoms with Crippen LogP contribution in [0.15, 0.2) is 34.9 Å². The molecule has 1 N–H and O–H groups in total. The lowest BCUT2D eigenvalue weighted by Gasteiger charge is -2.10. The second kappa shape index (κ2) is 5.82. The van der Waals surface area contributed by atoms with E-state index in [1.807, 2.05) is 31.2 Å². The molecule has 0 fully saturated rings. The maximum absolute atomic E-state index is 5.19. The van der Waals surface area contributed by atoms with Crippen molar-refractivity contribution in [1.29, 1.82) is 0 Å². The molecule has 0 bridgehead atoms. The van der Waals surface area contributed by atoms with E-state index in [0.29, 0.717) is 6.54 Å². The third-order valence-electron chi connectivity index (χ3n) is 2.47. The monoisotopic (exact) mass is 307 g/mol. The molecule has 0 radical (unpaired) electrons. The van der Waals surface area contributed by atoms with E-state index in [-0.39, 0.29) is 0 Å². The molecule has 0 unspecified atom stereocenters. The first kappa shape index (κ1) is 12.8. The van der Waals surface area contributed by atoms with Crippen molar-refractivity contribution in [3.05, 3.63) is 46.5 Å². The molecule has 0 atom stereocenters. The van der Waals surface area contributed by atoms with E-state index in [0.717, 1.165) is 27.4 Å². The van der Waals surface area contributed by atoms with Crippen LogP contribution in [-0.2, 0) is 6.54 Å². The number of ether oxygens (including phenoxy) is 1. The Balaban J connectivity index is 2.10. The van der Waals surface area contributed by atoms with Gasteiger partial charge in [0.05, 0.1) is 25.0 Å². The number of hydrogen-bond donors (Lipinski definition) is 1. The smallest absolute Gasteiger partial charge is 0.125 e. The zero-order valence-corrected chi connectivity index (χ0v) is 11.9. The minimum Gasteiger partial charge on any atom is -0.497 e. The number of aryl methyl sites for hydroxylation is 1. The van der Waals surface area contributed by atoms with Crippen LogP contribution in [0, 0.1) is 6.92 Å². The summed E-state index contributed by atoms with van der Waals surface area (Å²) in [5, 5.41) is 3.31. The molecule has 5 heteroatoms. The van der Waals surface area contributed by atoms with E-state index in [1.54, 1.807) is 13.3 Å². The second-order valence-electron chi connectivity index (χ2n) is 3.79. The second-order valence-corrected chi connectivity index (χ2v) is 4.65. The summed E-state index contributed by atoms with van der Waals surface area (Å²) in [5.41, 5.74) is 1.93. The highest BCUT2D eigenvalue weighted by Crippen LogP contribution is 2.27. The van der Waals surface area contributed by atoms with Gasteiger partial charge >= 0.3 is 0 Å². The molecule has 1 heterocycles. The molecule has 2 rings (SSSR count). The number of methoxy groups -OCH3 is 1. The Morgan fingerprint density at radius 3 is 2.89 bits per heavy atom. The van der Waals surface area contributed by atoms with Crippen LogP contribution in [-0.4, -0.2) is 17.1 Å². The molecule has 0 aliphatic heterocycles. The first-order valence-corrected chi connectivity index (χ1v) is 6.34. The Morgan fingerprint density at radius 1 is 1.33 bits per heavy atom. The van der Waals surface area contributed by atoms with Crippen molar-refractivity contribution >= 4 is 21.6 Å². The molecule has 0 aliphatic carbocycles. The molecule has 18 heavy (non-hydrogen) atoms. The van der Waals surface area contributed by atoms with Gasteiger partial charge in [-0.3, -0.25) is 0 Å². The molecule has 0 saturated carbocycles. The van der Waals surface area contributed by atoms with Gasteiger partial charge in [-0.1, -0.05) is 0 Å². The molecule has 94 valence electrons. The fourth-order valence-corrected chi connectivity index (χ4v) is 1.94. The lowest BCUT2D eigenvalue weighted by molar-refractivity contribution is 0.415. The van der Waals surface area contributed by atoms with Gasteiger partial charge in [0.25, 0.3) is 0 Å². The van der Waals surface area contributed by atoms with Crippen molar-refractivity contribution < 1.29 is 4.74 Å². The van der Waals surface area contributed by atoms with E-state index in [1.165, 1.54) is 0 Å². The summed E-state index contributed by atoms with van der Waals surface area (Å²) in [6, 6.07) is 7.70. The van der Waals surface area contributed by atoms with Gasteiger partial charge in [-0.2, -0.15) is 0 Å². The Bertz CT molecular complexity index is 546. The summed E-state index contributed by atoms with van der Waals surface area (Å²) < 4.78 is 6.19. The van der Waals surface area contributed by atoms with Crippen molar-refractivity contribution in [2.24, 2.45) is 0 Å². The van der Waals surface area contributed by atoms with Crippen LogP contribution in [0.2, 0.25) is 0 Å². The maximum Gasteiger partial charge on any atom is 0.125 e. The average Bonchev–Trinajstić information content (AvgIpc) is 2.38. The lowest BCUT2D eigenvalue weighted by atomic mass is 10.3. The molecule has 0 amide bonds. The van der Waals surface area contributed by atoms with Crippen molar-refractivity contribution in [2.75, 3.05) is 12.4 Å². The summed E-state index contributed by atoms with van der Waals surface area (Å²) in [6.07, 6.45) is 1.76. The third kappa shape index (κ3) is 3.20. The molecule has 2 aromatic rings. The van der Waals surface area contributed by atoms with Crippen LogP contribution < -0.4 is 10.1 Å². The molecule has 0 aliphatic rings. The first-order valence-electron chi connectivity index (χ1n) is 5.55. The number of hydrogen-bond acceptors (Lipinski definition) is 4. The maximum atomic E-state index is 5.19. The van der Waals surface area contributed by atoms with Crippen LogP contribution >= 0.6 is 15.9 Å². The van der Waals surface area contributed by atoms with Crippen LogP contribution in [0.3, 0.4) is 0 Å².